The van der Waals surface area contributed by atoms with E-state index >= 15 is 0 Å². The summed E-state index contributed by atoms with van der Waals surface area (Å²) < 4.78 is 1.70. The van der Waals surface area contributed by atoms with Crippen molar-refractivity contribution in [2.75, 3.05) is 19.7 Å². The van der Waals surface area contributed by atoms with Crippen LogP contribution in [0.25, 0.3) is 0 Å². The summed E-state index contributed by atoms with van der Waals surface area (Å²) in [6.45, 7) is 2.08. The highest BCUT2D eigenvalue weighted by Crippen LogP contribution is 2.28. The van der Waals surface area contributed by atoms with Crippen LogP contribution in [0.5, 0.6) is 0 Å². The molecular weight excluding hydrogens is 180 g/mol. The highest BCUT2D eigenvalue weighted by molar-refractivity contribution is 5.01. The van der Waals surface area contributed by atoms with Gasteiger partial charge in [0.15, 0.2) is 0 Å². The molecule has 1 aromatic rings. The molecule has 1 aliphatic rings. The maximum atomic E-state index is 9.39. The standard InChI is InChI=1S/C9H16N4O/c1-13-5-8(11-12-13)4-9(7-14)2-3-10-6-9/h5,10,14H,2-4,6-7H2,1H3. The molecule has 1 unspecified atom stereocenters. The van der Waals surface area contributed by atoms with Gasteiger partial charge in [0.25, 0.3) is 0 Å². The van der Waals surface area contributed by atoms with Crippen molar-refractivity contribution in [3.63, 3.8) is 0 Å². The molecule has 78 valence electrons. The zero-order valence-corrected chi connectivity index (χ0v) is 8.40. The lowest BCUT2D eigenvalue weighted by molar-refractivity contribution is 0.142. The number of aryl methyl sites for hydroxylation is 1. The van der Waals surface area contributed by atoms with Crippen LogP contribution in [0.15, 0.2) is 6.20 Å². The number of nitrogens with zero attached hydrogens (tertiary/aromatic N) is 3. The van der Waals surface area contributed by atoms with Crippen LogP contribution in [0.4, 0.5) is 0 Å². The average Bonchev–Trinajstić information content (AvgIpc) is 2.77. The molecule has 1 fully saturated rings. The Labute approximate surface area is 83.1 Å². The van der Waals surface area contributed by atoms with Crippen LogP contribution in [-0.2, 0) is 13.5 Å². The van der Waals surface area contributed by atoms with Gasteiger partial charge in [0.2, 0.25) is 0 Å². The Morgan fingerprint density at radius 2 is 2.57 bits per heavy atom. The van der Waals surface area contributed by atoms with Crippen molar-refractivity contribution in [1.29, 1.82) is 0 Å². The maximum Gasteiger partial charge on any atom is 0.0833 e. The van der Waals surface area contributed by atoms with Crippen LogP contribution >= 0.6 is 0 Å². The van der Waals surface area contributed by atoms with Crippen LogP contribution in [0, 0.1) is 5.41 Å². The molecule has 0 bridgehead atoms. The van der Waals surface area contributed by atoms with Gasteiger partial charge in [0.1, 0.15) is 0 Å². The third-order valence-electron chi connectivity index (χ3n) is 2.87. The van der Waals surface area contributed by atoms with Gasteiger partial charge in [-0.05, 0) is 13.0 Å². The van der Waals surface area contributed by atoms with E-state index in [0.29, 0.717) is 0 Å². The van der Waals surface area contributed by atoms with E-state index in [0.717, 1.165) is 31.6 Å². The smallest absolute Gasteiger partial charge is 0.0833 e. The monoisotopic (exact) mass is 196 g/mol. The maximum absolute atomic E-state index is 9.39. The molecule has 0 aliphatic carbocycles. The molecule has 0 radical (unpaired) electrons. The second-order valence-electron chi connectivity index (χ2n) is 4.15. The van der Waals surface area contributed by atoms with Gasteiger partial charge in [-0.3, -0.25) is 4.68 Å². The van der Waals surface area contributed by atoms with E-state index in [4.69, 9.17) is 0 Å². The Hall–Kier alpha value is -0.940. The van der Waals surface area contributed by atoms with E-state index in [1.807, 2.05) is 13.2 Å². The predicted octanol–water partition coefficient (Wildman–Crippen LogP) is -0.670. The minimum absolute atomic E-state index is 0.0178. The molecule has 2 heterocycles. The largest absolute Gasteiger partial charge is 0.396 e. The van der Waals surface area contributed by atoms with E-state index in [1.165, 1.54) is 0 Å². The third-order valence-corrected chi connectivity index (χ3v) is 2.87. The van der Waals surface area contributed by atoms with Gasteiger partial charge in [0, 0.05) is 31.6 Å². The molecule has 2 rings (SSSR count). The average molecular weight is 196 g/mol. The number of rotatable bonds is 3. The van der Waals surface area contributed by atoms with Crippen molar-refractivity contribution >= 4 is 0 Å². The van der Waals surface area contributed by atoms with Crippen LogP contribution in [0.3, 0.4) is 0 Å². The number of hydrogen-bond acceptors (Lipinski definition) is 4. The van der Waals surface area contributed by atoms with Gasteiger partial charge < -0.3 is 10.4 Å². The number of aliphatic hydroxyl groups excluding tert-OH is 1. The summed E-state index contributed by atoms with van der Waals surface area (Å²) in [6, 6.07) is 0. The van der Waals surface area contributed by atoms with Gasteiger partial charge >= 0.3 is 0 Å². The second-order valence-corrected chi connectivity index (χ2v) is 4.15. The summed E-state index contributed by atoms with van der Waals surface area (Å²) >= 11 is 0. The summed E-state index contributed by atoms with van der Waals surface area (Å²) in [5, 5.41) is 20.6. The molecule has 5 nitrogen and oxygen atoms in total. The Balaban J connectivity index is 2.08. The number of nitrogens with one attached hydrogen (secondary N) is 1. The van der Waals surface area contributed by atoms with Gasteiger partial charge in [0.05, 0.1) is 12.3 Å². The highest BCUT2D eigenvalue weighted by Gasteiger charge is 2.34. The lowest BCUT2D eigenvalue weighted by Crippen LogP contribution is -2.30. The van der Waals surface area contributed by atoms with Crippen molar-refractivity contribution < 1.29 is 5.11 Å². The van der Waals surface area contributed by atoms with Gasteiger partial charge in [-0.2, -0.15) is 0 Å². The normalized spacial score (nSPS) is 27.0. The minimum atomic E-state index is -0.0178. The number of aromatic nitrogens is 3. The predicted molar refractivity (Wildman–Crippen MR) is 51.7 cm³/mol. The summed E-state index contributed by atoms with van der Waals surface area (Å²) in [7, 11) is 1.86. The molecule has 0 saturated carbocycles. The first kappa shape index (κ1) is 9.61. The first-order valence-electron chi connectivity index (χ1n) is 4.91. The highest BCUT2D eigenvalue weighted by atomic mass is 16.3. The quantitative estimate of drug-likeness (QED) is 0.673. The van der Waals surface area contributed by atoms with Crippen molar-refractivity contribution in [2.45, 2.75) is 12.8 Å². The van der Waals surface area contributed by atoms with Gasteiger partial charge in [-0.15, -0.1) is 5.10 Å². The molecular formula is C9H16N4O. The Kier molecular flexibility index (Phi) is 2.52. The molecule has 0 aromatic carbocycles. The second kappa shape index (κ2) is 3.67. The summed E-state index contributed by atoms with van der Waals surface area (Å²) in [5.74, 6) is 0. The Morgan fingerprint density at radius 3 is 3.07 bits per heavy atom. The van der Waals surface area contributed by atoms with Crippen molar-refractivity contribution in [2.24, 2.45) is 12.5 Å². The van der Waals surface area contributed by atoms with Gasteiger partial charge in [-0.1, -0.05) is 5.21 Å². The van der Waals surface area contributed by atoms with E-state index in [-0.39, 0.29) is 12.0 Å². The third kappa shape index (κ3) is 1.78. The number of aliphatic hydroxyl groups is 1. The van der Waals surface area contributed by atoms with E-state index < -0.39 is 0 Å². The van der Waals surface area contributed by atoms with Crippen molar-refractivity contribution in [1.82, 2.24) is 20.3 Å². The topological polar surface area (TPSA) is 63.0 Å². The van der Waals surface area contributed by atoms with Gasteiger partial charge in [-0.25, -0.2) is 0 Å². The molecule has 1 atom stereocenters. The summed E-state index contributed by atoms with van der Waals surface area (Å²) in [5.41, 5.74) is 0.945. The molecule has 1 aromatic heterocycles. The summed E-state index contributed by atoms with van der Waals surface area (Å²) in [4.78, 5) is 0. The van der Waals surface area contributed by atoms with Crippen LogP contribution in [0.1, 0.15) is 12.1 Å². The fourth-order valence-corrected chi connectivity index (χ4v) is 2.00. The van der Waals surface area contributed by atoms with Crippen molar-refractivity contribution in [3.05, 3.63) is 11.9 Å². The SMILES string of the molecule is Cn1cc(CC2(CO)CCNC2)nn1. The first-order valence-corrected chi connectivity index (χ1v) is 4.91. The molecule has 2 N–H and O–H groups in total. The molecule has 1 aliphatic heterocycles. The summed E-state index contributed by atoms with van der Waals surface area (Å²) in [6.07, 6.45) is 3.74. The Bertz CT molecular complexity index is 304. The molecule has 0 spiro atoms. The lowest BCUT2D eigenvalue weighted by atomic mass is 9.83. The van der Waals surface area contributed by atoms with Crippen LogP contribution in [-0.4, -0.2) is 39.8 Å². The first-order chi connectivity index (χ1) is 6.74. The van der Waals surface area contributed by atoms with Crippen LogP contribution < -0.4 is 5.32 Å². The van der Waals surface area contributed by atoms with Crippen molar-refractivity contribution in [3.8, 4) is 0 Å². The minimum Gasteiger partial charge on any atom is -0.396 e. The van der Waals surface area contributed by atoms with E-state index in [9.17, 15) is 5.11 Å². The zero-order valence-electron chi connectivity index (χ0n) is 8.40. The number of hydrogen-bond donors (Lipinski definition) is 2. The fraction of sp³-hybridized carbons (Fsp3) is 0.778. The fourth-order valence-electron chi connectivity index (χ4n) is 2.00. The van der Waals surface area contributed by atoms with Crippen LogP contribution in [0.2, 0.25) is 0 Å². The molecule has 5 heteroatoms. The molecule has 1 saturated heterocycles. The van der Waals surface area contributed by atoms with E-state index in [2.05, 4.69) is 15.6 Å². The van der Waals surface area contributed by atoms with E-state index in [1.54, 1.807) is 4.68 Å². The molecule has 14 heavy (non-hydrogen) atoms. The zero-order chi connectivity index (χ0) is 10.0. The molecule has 0 amide bonds. The Morgan fingerprint density at radius 1 is 1.71 bits per heavy atom. The lowest BCUT2D eigenvalue weighted by Gasteiger charge is -2.23.